The molecule has 0 radical (unpaired) electrons. The van der Waals surface area contributed by atoms with E-state index in [1.165, 1.54) is 0 Å². The number of carboxylic acids is 2. The Balaban J connectivity index is 0.000000450. The third-order valence-electron chi connectivity index (χ3n) is 3.12. The predicted octanol–water partition coefficient (Wildman–Crippen LogP) is -3.25. The van der Waals surface area contributed by atoms with Crippen molar-refractivity contribution in [1.82, 2.24) is 15.5 Å². The lowest BCUT2D eigenvalue weighted by Crippen LogP contribution is -2.54. The summed E-state index contributed by atoms with van der Waals surface area (Å²) in [6, 6.07) is -0.925. The molecule has 0 aromatic heterocycles. The van der Waals surface area contributed by atoms with E-state index in [2.05, 4.69) is 10.6 Å². The maximum absolute atomic E-state index is 12.0. The van der Waals surface area contributed by atoms with Gasteiger partial charge in [0, 0.05) is 25.6 Å². The second kappa shape index (κ2) is 8.54. The molecule has 2 rings (SSSR count). The van der Waals surface area contributed by atoms with Gasteiger partial charge in [0.25, 0.3) is 11.8 Å². The zero-order chi connectivity index (χ0) is 19.1. The summed E-state index contributed by atoms with van der Waals surface area (Å²) >= 11 is 0. The van der Waals surface area contributed by atoms with Gasteiger partial charge in [0.1, 0.15) is 11.7 Å². The summed E-state index contributed by atoms with van der Waals surface area (Å²) in [5.74, 6) is -5.78. The molecule has 1 unspecified atom stereocenters. The lowest BCUT2D eigenvalue weighted by atomic mass is 10.0. The van der Waals surface area contributed by atoms with Gasteiger partial charge in [0.15, 0.2) is 0 Å². The fraction of sp³-hybridized carbons (Fsp3) is 0.385. The van der Waals surface area contributed by atoms with Gasteiger partial charge in [-0.1, -0.05) is 0 Å². The Bertz CT molecular complexity index is 644. The highest BCUT2D eigenvalue weighted by molar-refractivity contribution is 6.27. The first-order valence-corrected chi connectivity index (χ1v) is 7.02. The number of amides is 4. The van der Waals surface area contributed by atoms with Gasteiger partial charge in [-0.2, -0.15) is 0 Å². The van der Waals surface area contributed by atoms with Crippen molar-refractivity contribution in [2.24, 2.45) is 5.73 Å². The Morgan fingerprint density at radius 1 is 1.24 bits per heavy atom. The number of carbonyl (C=O) groups is 6. The average Bonchev–Trinajstić information content (AvgIpc) is 2.80. The summed E-state index contributed by atoms with van der Waals surface area (Å²) < 4.78 is 0. The van der Waals surface area contributed by atoms with Crippen molar-refractivity contribution >= 4 is 35.6 Å². The third-order valence-corrected chi connectivity index (χ3v) is 3.12. The van der Waals surface area contributed by atoms with E-state index >= 15 is 0 Å². The average molecular weight is 356 g/mol. The second-order valence-corrected chi connectivity index (χ2v) is 4.86. The van der Waals surface area contributed by atoms with E-state index in [1.807, 2.05) is 0 Å². The smallest absolute Gasteiger partial charge is 0.414 e. The van der Waals surface area contributed by atoms with Gasteiger partial charge in [-0.25, -0.2) is 9.59 Å². The van der Waals surface area contributed by atoms with Crippen molar-refractivity contribution in [3.63, 3.8) is 0 Å². The first kappa shape index (κ1) is 19.8. The first-order valence-electron chi connectivity index (χ1n) is 7.02. The number of nitrogens with zero attached hydrogens (tertiary/aromatic N) is 1. The highest BCUT2D eigenvalue weighted by atomic mass is 16.4. The number of nitrogens with two attached hydrogens (primary N) is 1. The molecule has 2 heterocycles. The molecule has 0 aromatic carbocycles. The third kappa shape index (κ3) is 5.10. The number of hydrogen-bond donors (Lipinski definition) is 5. The fourth-order valence-corrected chi connectivity index (χ4v) is 2.04. The van der Waals surface area contributed by atoms with Crippen LogP contribution in [0.25, 0.3) is 0 Å². The standard InChI is InChI=1S/C11H14N4O4.C2H2O4/c12-3-4-13-6-5-9(17)15(11(6)19)7-1-2-8(16)14-10(7)18;3-1(4)2(5)6/h5,7,13H,1-4,12H2,(H,14,16,18);(H,3,4)(H,5,6). The van der Waals surface area contributed by atoms with Gasteiger partial charge in [-0.3, -0.25) is 29.4 Å². The number of carbonyl (C=O) groups excluding carboxylic acids is 4. The van der Waals surface area contributed by atoms with Crippen molar-refractivity contribution < 1.29 is 39.0 Å². The Hall–Kier alpha value is -3.28. The summed E-state index contributed by atoms with van der Waals surface area (Å²) in [4.78, 5) is 65.6. The molecule has 25 heavy (non-hydrogen) atoms. The minimum atomic E-state index is -1.82. The van der Waals surface area contributed by atoms with E-state index in [9.17, 15) is 19.2 Å². The zero-order valence-corrected chi connectivity index (χ0v) is 12.9. The van der Waals surface area contributed by atoms with Crippen LogP contribution in [0.5, 0.6) is 0 Å². The number of carboxylic acid groups (broad SMARTS) is 2. The van der Waals surface area contributed by atoms with Crippen molar-refractivity contribution in [3.05, 3.63) is 11.8 Å². The van der Waals surface area contributed by atoms with Crippen LogP contribution in [0.4, 0.5) is 0 Å². The van der Waals surface area contributed by atoms with E-state index in [4.69, 9.17) is 25.5 Å². The predicted molar refractivity (Wildman–Crippen MR) is 78.4 cm³/mol. The largest absolute Gasteiger partial charge is 0.473 e. The summed E-state index contributed by atoms with van der Waals surface area (Å²) in [6.45, 7) is 0.672. The van der Waals surface area contributed by atoms with Gasteiger partial charge in [0.2, 0.25) is 11.8 Å². The van der Waals surface area contributed by atoms with Crippen LogP contribution in [0.2, 0.25) is 0 Å². The van der Waals surface area contributed by atoms with Crippen LogP contribution < -0.4 is 16.4 Å². The molecule has 136 valence electrons. The Labute approximate surface area is 140 Å². The molecular weight excluding hydrogens is 340 g/mol. The normalized spacial score (nSPS) is 19.6. The monoisotopic (exact) mass is 356 g/mol. The Morgan fingerprint density at radius 2 is 1.84 bits per heavy atom. The second-order valence-electron chi connectivity index (χ2n) is 4.86. The SMILES string of the molecule is NCCNC1=CC(=O)N(C2CCC(=O)NC2=O)C1=O.O=C(O)C(=O)O. The highest BCUT2D eigenvalue weighted by Crippen LogP contribution is 2.19. The summed E-state index contributed by atoms with van der Waals surface area (Å²) in [5, 5.41) is 19.6. The van der Waals surface area contributed by atoms with Crippen LogP contribution >= 0.6 is 0 Å². The van der Waals surface area contributed by atoms with Crippen LogP contribution in [0.15, 0.2) is 11.8 Å². The van der Waals surface area contributed by atoms with Crippen LogP contribution in [0, 0.1) is 0 Å². The Morgan fingerprint density at radius 3 is 2.32 bits per heavy atom. The molecule has 0 aromatic rings. The van der Waals surface area contributed by atoms with Gasteiger partial charge in [0.05, 0.1) is 0 Å². The molecule has 2 aliphatic rings. The van der Waals surface area contributed by atoms with Crippen molar-refractivity contribution in [2.75, 3.05) is 13.1 Å². The molecule has 0 saturated carbocycles. The number of hydrogen-bond acceptors (Lipinski definition) is 8. The van der Waals surface area contributed by atoms with Gasteiger partial charge in [-0.15, -0.1) is 0 Å². The Kier molecular flexibility index (Phi) is 6.75. The lowest BCUT2D eigenvalue weighted by Gasteiger charge is -2.28. The fourth-order valence-electron chi connectivity index (χ4n) is 2.04. The number of rotatable bonds is 4. The summed E-state index contributed by atoms with van der Waals surface area (Å²) in [6.07, 6.45) is 1.40. The van der Waals surface area contributed by atoms with E-state index in [0.29, 0.717) is 13.1 Å². The minimum Gasteiger partial charge on any atom is -0.473 e. The van der Waals surface area contributed by atoms with Crippen molar-refractivity contribution in [1.29, 1.82) is 0 Å². The van der Waals surface area contributed by atoms with Crippen LogP contribution in [-0.2, 0) is 28.8 Å². The molecule has 1 saturated heterocycles. The maximum atomic E-state index is 12.0. The number of piperidine rings is 1. The molecular formula is C13H16N4O8. The molecule has 6 N–H and O–H groups in total. The van der Waals surface area contributed by atoms with Crippen molar-refractivity contribution in [3.8, 4) is 0 Å². The van der Waals surface area contributed by atoms with Crippen LogP contribution in [-0.4, -0.2) is 69.8 Å². The summed E-state index contributed by atoms with van der Waals surface area (Å²) in [7, 11) is 0. The quantitative estimate of drug-likeness (QED) is 0.252. The number of imide groups is 2. The van der Waals surface area contributed by atoms with Crippen molar-refractivity contribution in [2.45, 2.75) is 18.9 Å². The lowest BCUT2D eigenvalue weighted by molar-refractivity contribution is -0.159. The molecule has 4 amide bonds. The highest BCUT2D eigenvalue weighted by Gasteiger charge is 2.42. The topological polar surface area (TPSA) is 196 Å². The maximum Gasteiger partial charge on any atom is 0.414 e. The van der Waals surface area contributed by atoms with Crippen LogP contribution in [0.3, 0.4) is 0 Å². The molecule has 2 aliphatic heterocycles. The molecule has 0 spiro atoms. The number of nitrogens with one attached hydrogen (secondary N) is 2. The number of aliphatic carboxylic acids is 2. The van der Waals surface area contributed by atoms with E-state index < -0.39 is 41.6 Å². The molecule has 12 nitrogen and oxygen atoms in total. The van der Waals surface area contributed by atoms with Gasteiger partial charge >= 0.3 is 11.9 Å². The van der Waals surface area contributed by atoms with E-state index in [-0.39, 0.29) is 18.5 Å². The van der Waals surface area contributed by atoms with Gasteiger partial charge < -0.3 is 21.3 Å². The zero-order valence-electron chi connectivity index (χ0n) is 12.9. The first-order chi connectivity index (χ1) is 11.7. The summed E-state index contributed by atoms with van der Waals surface area (Å²) in [5.41, 5.74) is 5.43. The molecule has 1 atom stereocenters. The molecule has 0 bridgehead atoms. The minimum absolute atomic E-state index is 0.110. The van der Waals surface area contributed by atoms with E-state index in [0.717, 1.165) is 11.0 Å². The van der Waals surface area contributed by atoms with Crippen LogP contribution in [0.1, 0.15) is 12.8 Å². The molecule has 1 fully saturated rings. The molecule has 12 heteroatoms. The van der Waals surface area contributed by atoms with E-state index in [1.54, 1.807) is 0 Å². The van der Waals surface area contributed by atoms with Gasteiger partial charge in [-0.05, 0) is 6.42 Å². The molecule has 0 aliphatic carbocycles.